The third kappa shape index (κ3) is 2.18. The van der Waals surface area contributed by atoms with Crippen LogP contribution >= 0.6 is 0 Å². The van der Waals surface area contributed by atoms with Gasteiger partial charge in [0.1, 0.15) is 0 Å². The fourth-order valence-electron chi connectivity index (χ4n) is 1.80. The highest BCUT2D eigenvalue weighted by molar-refractivity contribution is 5.94. The Morgan fingerprint density at radius 1 is 1.19 bits per heavy atom. The minimum Gasteiger partial charge on any atom is -0.323 e. The molecule has 0 saturated carbocycles. The zero-order valence-corrected chi connectivity index (χ0v) is 10.7. The average Bonchev–Trinajstić information content (AvgIpc) is 2.30. The number of benzene rings is 1. The molecule has 16 heavy (non-hydrogen) atoms. The Labute approximate surface area is 97.7 Å². The van der Waals surface area contributed by atoms with Crippen LogP contribution in [0.1, 0.15) is 25.0 Å². The number of rotatable bonds is 0. The molecule has 2 rings (SSSR count). The largest absolute Gasteiger partial charge is 0.324 e. The lowest BCUT2D eigenvalue weighted by atomic mass is 10.1. The third-order valence-electron chi connectivity index (χ3n) is 2.62. The lowest BCUT2D eigenvalue weighted by Crippen LogP contribution is -2.42. The quantitative estimate of drug-likeness (QED) is 0.659. The van der Waals surface area contributed by atoms with E-state index in [4.69, 9.17) is 0 Å². The molecule has 1 aromatic carbocycles. The number of anilines is 1. The zero-order valence-electron chi connectivity index (χ0n) is 10.7. The van der Waals surface area contributed by atoms with Gasteiger partial charge in [-0.15, -0.1) is 0 Å². The normalized spacial score (nSPS) is 14.2. The number of nitrogens with zero attached hydrogens (tertiary/aromatic N) is 2. The molecule has 3 nitrogen and oxygen atoms in total. The summed E-state index contributed by atoms with van der Waals surface area (Å²) in [4.78, 5) is 15.1. The second-order valence-electron chi connectivity index (χ2n) is 3.83. The van der Waals surface area contributed by atoms with E-state index in [1.165, 1.54) is 11.1 Å². The van der Waals surface area contributed by atoms with E-state index in [-0.39, 0.29) is 6.03 Å². The fraction of sp³-hybridized carbons (Fsp3) is 0.462. The van der Waals surface area contributed by atoms with Crippen LogP contribution in [0.3, 0.4) is 0 Å². The van der Waals surface area contributed by atoms with Gasteiger partial charge in [-0.2, -0.15) is 0 Å². The first kappa shape index (κ1) is 12.6. The average molecular weight is 220 g/mol. The van der Waals surface area contributed by atoms with Crippen molar-refractivity contribution in [2.75, 3.05) is 19.0 Å². The van der Waals surface area contributed by atoms with Crippen molar-refractivity contribution in [2.24, 2.45) is 0 Å². The van der Waals surface area contributed by atoms with Gasteiger partial charge >= 0.3 is 6.03 Å². The molecule has 0 bridgehead atoms. The van der Waals surface area contributed by atoms with Crippen LogP contribution in [-0.4, -0.2) is 25.0 Å². The van der Waals surface area contributed by atoms with Gasteiger partial charge in [0.2, 0.25) is 0 Å². The topological polar surface area (TPSA) is 23.6 Å². The highest BCUT2D eigenvalue weighted by Gasteiger charge is 2.24. The molecule has 0 atom stereocenters. The van der Waals surface area contributed by atoms with E-state index in [0.29, 0.717) is 6.54 Å². The van der Waals surface area contributed by atoms with Crippen LogP contribution < -0.4 is 4.90 Å². The molecule has 0 aliphatic carbocycles. The molecule has 0 aromatic heterocycles. The van der Waals surface area contributed by atoms with Crippen molar-refractivity contribution in [1.29, 1.82) is 0 Å². The van der Waals surface area contributed by atoms with Crippen LogP contribution in [0.4, 0.5) is 10.5 Å². The summed E-state index contributed by atoms with van der Waals surface area (Å²) in [6, 6.07) is 6.28. The van der Waals surface area contributed by atoms with Gasteiger partial charge in [-0.1, -0.05) is 26.0 Å². The molecule has 0 saturated heterocycles. The molecule has 0 radical (unpaired) electrons. The van der Waals surface area contributed by atoms with Gasteiger partial charge in [0, 0.05) is 20.6 Å². The van der Waals surface area contributed by atoms with Crippen LogP contribution in [0.15, 0.2) is 18.2 Å². The number of hydrogen-bond donors (Lipinski definition) is 0. The van der Waals surface area contributed by atoms with Gasteiger partial charge in [-0.05, 0) is 24.1 Å². The minimum absolute atomic E-state index is 0.0584. The molecule has 1 aromatic rings. The summed E-state index contributed by atoms with van der Waals surface area (Å²) >= 11 is 0. The van der Waals surface area contributed by atoms with Gasteiger partial charge in [0.15, 0.2) is 0 Å². The van der Waals surface area contributed by atoms with Gasteiger partial charge in [0.25, 0.3) is 0 Å². The molecular formula is C13H20N2O. The van der Waals surface area contributed by atoms with E-state index >= 15 is 0 Å². The number of fused-ring (bicyclic) bond motifs is 1. The molecule has 0 N–H and O–H groups in total. The SMILES string of the molecule is CC.Cc1ccc2c(c1)N(C)C(=O)N(C)C2. The summed E-state index contributed by atoms with van der Waals surface area (Å²) in [7, 11) is 3.64. The first-order valence-electron chi connectivity index (χ1n) is 5.68. The summed E-state index contributed by atoms with van der Waals surface area (Å²) < 4.78 is 0. The molecular weight excluding hydrogens is 200 g/mol. The molecule has 88 valence electrons. The lowest BCUT2D eigenvalue weighted by molar-refractivity contribution is 0.212. The van der Waals surface area contributed by atoms with E-state index in [2.05, 4.69) is 18.2 Å². The Bertz CT molecular complexity index is 388. The molecule has 0 spiro atoms. The maximum atomic E-state index is 11.7. The van der Waals surface area contributed by atoms with E-state index in [1.807, 2.05) is 34.9 Å². The number of aryl methyl sites for hydroxylation is 1. The second-order valence-corrected chi connectivity index (χ2v) is 3.83. The van der Waals surface area contributed by atoms with Crippen molar-refractivity contribution in [3.63, 3.8) is 0 Å². The van der Waals surface area contributed by atoms with Gasteiger partial charge in [-0.25, -0.2) is 4.79 Å². The van der Waals surface area contributed by atoms with Crippen LogP contribution in [0.25, 0.3) is 0 Å². The number of amides is 2. The van der Waals surface area contributed by atoms with Gasteiger partial charge in [-0.3, -0.25) is 4.90 Å². The maximum absolute atomic E-state index is 11.7. The summed E-state index contributed by atoms with van der Waals surface area (Å²) in [6.07, 6.45) is 0. The molecule has 1 aliphatic rings. The van der Waals surface area contributed by atoms with Crippen molar-refractivity contribution < 1.29 is 4.79 Å². The van der Waals surface area contributed by atoms with Crippen molar-refractivity contribution >= 4 is 11.7 Å². The molecule has 1 aliphatic heterocycles. The Morgan fingerprint density at radius 2 is 1.81 bits per heavy atom. The van der Waals surface area contributed by atoms with E-state index in [9.17, 15) is 4.79 Å². The standard InChI is InChI=1S/C11H14N2O.C2H6/c1-8-4-5-9-7-12(2)11(14)13(3)10(9)6-8;1-2/h4-6H,7H2,1-3H3;1-2H3. The van der Waals surface area contributed by atoms with Crippen molar-refractivity contribution in [3.05, 3.63) is 29.3 Å². The zero-order chi connectivity index (χ0) is 12.3. The monoisotopic (exact) mass is 220 g/mol. The fourth-order valence-corrected chi connectivity index (χ4v) is 1.80. The van der Waals surface area contributed by atoms with Crippen LogP contribution in [0, 0.1) is 6.92 Å². The van der Waals surface area contributed by atoms with Crippen LogP contribution in [0.2, 0.25) is 0 Å². The molecule has 1 heterocycles. The summed E-state index contributed by atoms with van der Waals surface area (Å²) in [5.41, 5.74) is 3.43. The smallest absolute Gasteiger partial charge is 0.323 e. The summed E-state index contributed by atoms with van der Waals surface area (Å²) in [6.45, 7) is 6.75. The molecule has 0 unspecified atom stereocenters. The Hall–Kier alpha value is -1.51. The van der Waals surface area contributed by atoms with Crippen molar-refractivity contribution in [1.82, 2.24) is 4.90 Å². The van der Waals surface area contributed by atoms with Gasteiger partial charge in [0.05, 0.1) is 5.69 Å². The predicted octanol–water partition coefficient (Wildman–Crippen LogP) is 3.02. The Morgan fingerprint density at radius 3 is 2.44 bits per heavy atom. The second kappa shape index (κ2) is 5.01. The first-order chi connectivity index (χ1) is 7.59. The Balaban J connectivity index is 0.000000606. The molecule has 3 heteroatoms. The van der Waals surface area contributed by atoms with E-state index in [0.717, 1.165) is 5.69 Å². The number of carbonyl (C=O) groups excluding carboxylic acids is 1. The number of hydrogen-bond acceptors (Lipinski definition) is 1. The van der Waals surface area contributed by atoms with Crippen molar-refractivity contribution in [3.8, 4) is 0 Å². The first-order valence-corrected chi connectivity index (χ1v) is 5.68. The van der Waals surface area contributed by atoms with E-state index < -0.39 is 0 Å². The highest BCUT2D eigenvalue weighted by Crippen LogP contribution is 2.27. The van der Waals surface area contributed by atoms with Crippen LogP contribution in [0.5, 0.6) is 0 Å². The maximum Gasteiger partial charge on any atom is 0.324 e. The number of carbonyl (C=O) groups is 1. The van der Waals surface area contributed by atoms with Gasteiger partial charge < -0.3 is 4.90 Å². The van der Waals surface area contributed by atoms with Crippen molar-refractivity contribution in [2.45, 2.75) is 27.3 Å². The minimum atomic E-state index is 0.0584. The predicted molar refractivity (Wildman–Crippen MR) is 67.8 cm³/mol. The number of urea groups is 1. The van der Waals surface area contributed by atoms with Crippen LogP contribution in [-0.2, 0) is 6.54 Å². The highest BCUT2D eigenvalue weighted by atomic mass is 16.2. The van der Waals surface area contributed by atoms with E-state index in [1.54, 1.807) is 9.80 Å². The lowest BCUT2D eigenvalue weighted by Gasteiger charge is -2.32. The summed E-state index contributed by atoms with van der Waals surface area (Å²) in [5, 5.41) is 0. The molecule has 0 fully saturated rings. The summed E-state index contributed by atoms with van der Waals surface area (Å²) in [5.74, 6) is 0. The third-order valence-corrected chi connectivity index (χ3v) is 2.62. The Kier molecular flexibility index (Phi) is 3.93. The molecule has 2 amide bonds.